The van der Waals surface area contributed by atoms with Crippen molar-refractivity contribution < 1.29 is 28.6 Å². The quantitative estimate of drug-likeness (QED) is 0.0261. The Hall–Kier alpha value is -4.45. The Morgan fingerprint density at radius 3 is 0.840 bits per heavy atom. The molecule has 0 N–H and O–H groups in total. The molecule has 0 saturated heterocycles. The summed E-state index contributed by atoms with van der Waals surface area (Å²) < 4.78 is 16.7. The first-order valence-corrected chi connectivity index (χ1v) is 30.7. The van der Waals surface area contributed by atoms with E-state index >= 15 is 0 Å². The second kappa shape index (κ2) is 62.1. The summed E-state index contributed by atoms with van der Waals surface area (Å²) in [5.41, 5.74) is 0. The second-order valence-corrected chi connectivity index (χ2v) is 19.9. The summed E-state index contributed by atoms with van der Waals surface area (Å²) >= 11 is 0. The zero-order valence-electron chi connectivity index (χ0n) is 48.5. The molecule has 1 unspecified atom stereocenters. The summed E-state index contributed by atoms with van der Waals surface area (Å²) in [4.78, 5) is 37.9. The summed E-state index contributed by atoms with van der Waals surface area (Å²) in [6.45, 7) is 6.39. The van der Waals surface area contributed by atoms with Crippen LogP contribution in [0.1, 0.15) is 265 Å². The third-order valence-corrected chi connectivity index (χ3v) is 12.6. The first kappa shape index (κ1) is 70.5. The third-order valence-electron chi connectivity index (χ3n) is 12.6. The molecule has 0 aliphatic rings. The lowest BCUT2D eigenvalue weighted by atomic mass is 10.0. The van der Waals surface area contributed by atoms with Crippen molar-refractivity contribution >= 4 is 17.9 Å². The fourth-order valence-corrected chi connectivity index (χ4v) is 8.05. The molecular weight excluding hydrogens is 925 g/mol. The number of ether oxygens (including phenoxy) is 3. The summed E-state index contributed by atoms with van der Waals surface area (Å²) in [5.74, 6) is -0.964. The van der Waals surface area contributed by atoms with Gasteiger partial charge < -0.3 is 14.2 Å². The van der Waals surface area contributed by atoms with E-state index < -0.39 is 6.10 Å². The lowest BCUT2D eigenvalue weighted by Crippen LogP contribution is -2.30. The predicted octanol–water partition coefficient (Wildman–Crippen LogP) is 21.0. The van der Waals surface area contributed by atoms with Crippen LogP contribution in [-0.2, 0) is 28.6 Å². The maximum atomic E-state index is 12.8. The molecule has 0 rings (SSSR count). The fourth-order valence-electron chi connectivity index (χ4n) is 8.05. The van der Waals surface area contributed by atoms with E-state index in [0.717, 1.165) is 128 Å². The van der Waals surface area contributed by atoms with Crippen LogP contribution in [0.5, 0.6) is 0 Å². The summed E-state index contributed by atoms with van der Waals surface area (Å²) in [6.07, 6.45) is 87.8. The van der Waals surface area contributed by atoms with Gasteiger partial charge in [0.1, 0.15) is 13.2 Å². The SMILES string of the molecule is CC/C=C\C/C=C\C/C=C\C/C=C\C/C=C\C/C=C\C/C=C\C/C=C\CCCCC(=O)OCC(COC(=O)CCCCCCC)OC(=O)CCCCCCCCCCCC/C=C\C/C=C\C/C=C\CCCCCCC. The third kappa shape index (κ3) is 60.3. The maximum Gasteiger partial charge on any atom is 0.306 e. The van der Waals surface area contributed by atoms with Gasteiger partial charge in [-0.2, -0.15) is 0 Å². The van der Waals surface area contributed by atoms with Crippen molar-refractivity contribution in [3.8, 4) is 0 Å². The smallest absolute Gasteiger partial charge is 0.306 e. The molecule has 0 bridgehead atoms. The monoisotopic (exact) mass is 1040 g/mol. The van der Waals surface area contributed by atoms with E-state index in [-0.39, 0.29) is 31.1 Å². The highest BCUT2D eigenvalue weighted by molar-refractivity contribution is 5.71. The minimum absolute atomic E-state index is 0.0978. The topological polar surface area (TPSA) is 78.9 Å². The highest BCUT2D eigenvalue weighted by Gasteiger charge is 2.19. The van der Waals surface area contributed by atoms with E-state index in [2.05, 4.69) is 154 Å². The van der Waals surface area contributed by atoms with Crippen molar-refractivity contribution in [2.24, 2.45) is 0 Å². The van der Waals surface area contributed by atoms with Crippen LogP contribution in [0.4, 0.5) is 0 Å². The zero-order chi connectivity index (χ0) is 54.3. The van der Waals surface area contributed by atoms with Crippen LogP contribution in [0.25, 0.3) is 0 Å². The van der Waals surface area contributed by atoms with Crippen molar-refractivity contribution in [1.29, 1.82) is 0 Å². The van der Waals surface area contributed by atoms with Crippen LogP contribution in [0.3, 0.4) is 0 Å². The van der Waals surface area contributed by atoms with E-state index in [4.69, 9.17) is 14.2 Å². The van der Waals surface area contributed by atoms with E-state index in [9.17, 15) is 14.4 Å². The van der Waals surface area contributed by atoms with Gasteiger partial charge in [0, 0.05) is 19.3 Å². The van der Waals surface area contributed by atoms with Gasteiger partial charge in [-0.15, -0.1) is 0 Å². The van der Waals surface area contributed by atoms with Gasteiger partial charge >= 0.3 is 17.9 Å². The lowest BCUT2D eigenvalue weighted by Gasteiger charge is -2.18. The second-order valence-electron chi connectivity index (χ2n) is 19.9. The highest BCUT2D eigenvalue weighted by Crippen LogP contribution is 2.14. The Morgan fingerprint density at radius 2 is 0.520 bits per heavy atom. The van der Waals surface area contributed by atoms with E-state index in [0.29, 0.717) is 25.7 Å². The average Bonchev–Trinajstić information content (AvgIpc) is 3.41. The fraction of sp³-hybridized carbons (Fsp3) is 0.638. The molecule has 1 atom stereocenters. The van der Waals surface area contributed by atoms with E-state index in [1.165, 1.54) is 89.9 Å². The molecule has 0 aromatic carbocycles. The molecule has 6 nitrogen and oxygen atoms in total. The van der Waals surface area contributed by atoms with Crippen LogP contribution in [-0.4, -0.2) is 37.2 Å². The number of carbonyl (C=O) groups excluding carboxylic acids is 3. The van der Waals surface area contributed by atoms with Gasteiger partial charge in [0.2, 0.25) is 0 Å². The molecule has 0 radical (unpaired) electrons. The molecule has 0 aromatic rings. The normalized spacial score (nSPS) is 13.1. The van der Waals surface area contributed by atoms with Gasteiger partial charge in [0.25, 0.3) is 0 Å². The molecule has 0 spiro atoms. The maximum absolute atomic E-state index is 12.8. The van der Waals surface area contributed by atoms with Crippen molar-refractivity contribution in [1.82, 2.24) is 0 Å². The van der Waals surface area contributed by atoms with Crippen molar-refractivity contribution in [2.75, 3.05) is 13.2 Å². The predicted molar refractivity (Wildman–Crippen MR) is 325 cm³/mol. The molecular formula is C69H112O6. The number of allylic oxidation sites excluding steroid dienone is 22. The molecule has 0 aliphatic heterocycles. The standard InChI is InChI=1S/C69H112O6/c1-4-7-10-13-15-17-19-21-23-25-27-29-31-33-34-36-37-39-41-43-45-47-49-51-53-56-59-62-68(71)74-65-66(64-73-67(70)61-58-55-12-9-6-3)75-69(72)63-60-57-54-52-50-48-46-44-42-40-38-35-32-30-28-26-24-22-20-18-16-14-11-8-5-2/h7,10,15,17,20-23,26-29,32-35,37,39,43,45,49,51,66H,4-6,8-9,11-14,16,18-19,24-25,30-31,36,38,40-42,44,46-48,50,52-65H2,1-3H3/b10-7-,17-15-,22-20-,23-21-,28-26-,29-27-,34-33-,35-32-,39-37-,45-43-,51-49-. The first-order chi connectivity index (χ1) is 37.0. The Bertz CT molecular complexity index is 1620. The van der Waals surface area contributed by atoms with Gasteiger partial charge in [-0.05, 0) is 122 Å². The number of rotatable bonds is 54. The molecule has 424 valence electrons. The number of hydrogen-bond acceptors (Lipinski definition) is 6. The Balaban J connectivity index is 4.20. The Labute approximate surface area is 462 Å². The molecule has 0 heterocycles. The Kier molecular flexibility index (Phi) is 58.4. The number of esters is 3. The molecule has 0 saturated carbocycles. The number of hydrogen-bond donors (Lipinski definition) is 0. The largest absolute Gasteiger partial charge is 0.462 e. The molecule has 0 aliphatic carbocycles. The first-order valence-electron chi connectivity index (χ1n) is 30.7. The molecule has 0 aromatic heterocycles. The highest BCUT2D eigenvalue weighted by atomic mass is 16.6. The van der Waals surface area contributed by atoms with Gasteiger partial charge in [-0.1, -0.05) is 257 Å². The van der Waals surface area contributed by atoms with Crippen LogP contribution < -0.4 is 0 Å². The lowest BCUT2D eigenvalue weighted by molar-refractivity contribution is -0.167. The van der Waals surface area contributed by atoms with Crippen molar-refractivity contribution in [2.45, 2.75) is 271 Å². The molecule has 0 fully saturated rings. The van der Waals surface area contributed by atoms with Crippen molar-refractivity contribution in [3.05, 3.63) is 134 Å². The number of carbonyl (C=O) groups is 3. The minimum atomic E-state index is -0.800. The number of unbranched alkanes of at least 4 members (excludes halogenated alkanes) is 21. The van der Waals surface area contributed by atoms with Crippen LogP contribution in [0, 0.1) is 0 Å². The average molecular weight is 1040 g/mol. The zero-order valence-corrected chi connectivity index (χ0v) is 48.5. The van der Waals surface area contributed by atoms with Crippen LogP contribution in [0.2, 0.25) is 0 Å². The minimum Gasteiger partial charge on any atom is -0.462 e. The van der Waals surface area contributed by atoms with Crippen LogP contribution >= 0.6 is 0 Å². The van der Waals surface area contributed by atoms with Gasteiger partial charge in [0.05, 0.1) is 0 Å². The van der Waals surface area contributed by atoms with Gasteiger partial charge in [0.15, 0.2) is 6.10 Å². The van der Waals surface area contributed by atoms with Gasteiger partial charge in [-0.3, -0.25) is 14.4 Å². The molecule has 75 heavy (non-hydrogen) atoms. The summed E-state index contributed by atoms with van der Waals surface area (Å²) in [5, 5.41) is 0. The van der Waals surface area contributed by atoms with Crippen LogP contribution in [0.15, 0.2) is 134 Å². The summed E-state index contributed by atoms with van der Waals surface area (Å²) in [6, 6.07) is 0. The van der Waals surface area contributed by atoms with E-state index in [1.807, 2.05) is 0 Å². The van der Waals surface area contributed by atoms with Crippen molar-refractivity contribution in [3.63, 3.8) is 0 Å². The summed E-state index contributed by atoms with van der Waals surface area (Å²) in [7, 11) is 0. The molecule has 6 heteroatoms. The molecule has 0 amide bonds. The van der Waals surface area contributed by atoms with E-state index in [1.54, 1.807) is 0 Å². The van der Waals surface area contributed by atoms with Gasteiger partial charge in [-0.25, -0.2) is 0 Å². The Morgan fingerprint density at radius 1 is 0.280 bits per heavy atom.